The summed E-state index contributed by atoms with van der Waals surface area (Å²) in [6, 6.07) is 4.49. The molecule has 1 aromatic rings. The normalized spacial score (nSPS) is 13.4. The van der Waals surface area contributed by atoms with Crippen LogP contribution in [-0.4, -0.2) is 24.5 Å². The highest BCUT2D eigenvalue weighted by Gasteiger charge is 2.09. The minimum Gasteiger partial charge on any atom is -0.468 e. The van der Waals surface area contributed by atoms with E-state index in [1.807, 2.05) is 12.1 Å². The van der Waals surface area contributed by atoms with Gasteiger partial charge in [0, 0.05) is 6.04 Å². The van der Waals surface area contributed by atoms with Crippen LogP contribution < -0.4 is 5.73 Å². The average Bonchev–Trinajstić information content (AvgIpc) is 2.66. The van der Waals surface area contributed by atoms with Crippen molar-refractivity contribution < 1.29 is 4.42 Å². The minimum atomic E-state index is 0.559. The first-order valence-corrected chi connectivity index (χ1v) is 5.16. The van der Waals surface area contributed by atoms with Crippen LogP contribution in [-0.2, 0) is 6.54 Å². The molecule has 0 aromatic carbocycles. The molecule has 1 heterocycles. The molecule has 0 fully saturated rings. The lowest BCUT2D eigenvalue weighted by atomic mass is 10.1. The van der Waals surface area contributed by atoms with E-state index in [2.05, 4.69) is 18.9 Å². The number of rotatable bonds is 6. The third kappa shape index (κ3) is 3.52. The number of nitrogens with zero attached hydrogens (tertiary/aromatic N) is 1. The Morgan fingerprint density at radius 1 is 1.57 bits per heavy atom. The van der Waals surface area contributed by atoms with Crippen molar-refractivity contribution in [3.63, 3.8) is 0 Å². The molecule has 80 valence electrons. The summed E-state index contributed by atoms with van der Waals surface area (Å²) in [5.41, 5.74) is 5.48. The van der Waals surface area contributed by atoms with Crippen LogP contribution in [0.1, 0.15) is 25.5 Å². The lowest BCUT2D eigenvalue weighted by Gasteiger charge is -2.23. The molecular weight excluding hydrogens is 176 g/mol. The second kappa shape index (κ2) is 5.83. The maximum Gasteiger partial charge on any atom is 0.117 e. The van der Waals surface area contributed by atoms with Crippen LogP contribution in [0.15, 0.2) is 22.8 Å². The van der Waals surface area contributed by atoms with Gasteiger partial charge in [0.25, 0.3) is 0 Å². The van der Waals surface area contributed by atoms with Gasteiger partial charge >= 0.3 is 0 Å². The van der Waals surface area contributed by atoms with Crippen LogP contribution in [0.2, 0.25) is 0 Å². The Hall–Kier alpha value is -0.800. The predicted octanol–water partition coefficient (Wildman–Crippen LogP) is 1.84. The lowest BCUT2D eigenvalue weighted by Crippen LogP contribution is -2.28. The summed E-state index contributed by atoms with van der Waals surface area (Å²) in [4.78, 5) is 2.29. The molecule has 0 saturated carbocycles. The van der Waals surface area contributed by atoms with Crippen LogP contribution in [0.5, 0.6) is 0 Å². The van der Waals surface area contributed by atoms with Crippen LogP contribution in [0.25, 0.3) is 0 Å². The van der Waals surface area contributed by atoms with Gasteiger partial charge in [0.15, 0.2) is 0 Å². The number of nitrogens with two attached hydrogens (primary N) is 1. The van der Waals surface area contributed by atoms with Gasteiger partial charge in [-0.05, 0) is 45.5 Å². The molecule has 1 atom stereocenters. The van der Waals surface area contributed by atoms with Crippen molar-refractivity contribution in [3.8, 4) is 0 Å². The van der Waals surface area contributed by atoms with E-state index in [4.69, 9.17) is 10.2 Å². The van der Waals surface area contributed by atoms with E-state index in [0.717, 1.165) is 31.7 Å². The van der Waals surface area contributed by atoms with Gasteiger partial charge in [-0.15, -0.1) is 0 Å². The quantitative estimate of drug-likeness (QED) is 0.755. The third-order valence-corrected chi connectivity index (χ3v) is 2.56. The Kier molecular flexibility index (Phi) is 4.70. The molecular formula is C11H20N2O. The molecule has 1 unspecified atom stereocenters. The van der Waals surface area contributed by atoms with Gasteiger partial charge in [-0.3, -0.25) is 4.90 Å². The average molecular weight is 196 g/mol. The van der Waals surface area contributed by atoms with E-state index in [9.17, 15) is 0 Å². The third-order valence-electron chi connectivity index (χ3n) is 2.56. The second-order valence-corrected chi connectivity index (χ2v) is 3.77. The maximum absolute atomic E-state index is 5.48. The topological polar surface area (TPSA) is 42.4 Å². The molecule has 0 aliphatic rings. The summed E-state index contributed by atoms with van der Waals surface area (Å²) in [7, 11) is 2.11. The van der Waals surface area contributed by atoms with E-state index in [1.54, 1.807) is 6.26 Å². The number of hydrogen-bond acceptors (Lipinski definition) is 3. The smallest absolute Gasteiger partial charge is 0.117 e. The van der Waals surface area contributed by atoms with Crippen molar-refractivity contribution in [2.75, 3.05) is 13.6 Å². The van der Waals surface area contributed by atoms with Gasteiger partial charge in [0.05, 0.1) is 12.8 Å². The van der Waals surface area contributed by atoms with Crippen LogP contribution in [0.3, 0.4) is 0 Å². The van der Waals surface area contributed by atoms with Crippen molar-refractivity contribution in [1.82, 2.24) is 4.90 Å². The van der Waals surface area contributed by atoms with Crippen LogP contribution in [0.4, 0.5) is 0 Å². The summed E-state index contributed by atoms with van der Waals surface area (Å²) >= 11 is 0. The zero-order valence-electron chi connectivity index (χ0n) is 9.07. The number of hydrogen-bond donors (Lipinski definition) is 1. The summed E-state index contributed by atoms with van der Waals surface area (Å²) in [5.74, 6) is 1.02. The van der Waals surface area contributed by atoms with Crippen LogP contribution in [0, 0.1) is 0 Å². The summed E-state index contributed by atoms with van der Waals surface area (Å²) in [6.45, 7) is 3.87. The maximum atomic E-state index is 5.48. The molecule has 0 aliphatic heterocycles. The highest BCUT2D eigenvalue weighted by molar-refractivity contribution is 4.97. The van der Waals surface area contributed by atoms with Gasteiger partial charge < -0.3 is 10.2 Å². The van der Waals surface area contributed by atoms with Gasteiger partial charge in [0.1, 0.15) is 5.76 Å². The molecule has 3 heteroatoms. The van der Waals surface area contributed by atoms with E-state index in [-0.39, 0.29) is 0 Å². The molecule has 14 heavy (non-hydrogen) atoms. The molecule has 2 N–H and O–H groups in total. The highest BCUT2D eigenvalue weighted by Crippen LogP contribution is 2.09. The molecule has 0 bridgehead atoms. The van der Waals surface area contributed by atoms with E-state index in [0.29, 0.717) is 6.04 Å². The first-order chi connectivity index (χ1) is 6.74. The molecule has 0 amide bonds. The number of furan rings is 1. The van der Waals surface area contributed by atoms with Crippen molar-refractivity contribution in [3.05, 3.63) is 24.2 Å². The zero-order chi connectivity index (χ0) is 10.4. The molecule has 0 saturated heterocycles. The van der Waals surface area contributed by atoms with Gasteiger partial charge in [-0.1, -0.05) is 0 Å². The summed E-state index contributed by atoms with van der Waals surface area (Å²) < 4.78 is 5.29. The van der Waals surface area contributed by atoms with Gasteiger partial charge in [-0.25, -0.2) is 0 Å². The van der Waals surface area contributed by atoms with Crippen molar-refractivity contribution in [2.45, 2.75) is 32.4 Å². The Bertz CT molecular complexity index is 233. The first kappa shape index (κ1) is 11.3. The molecule has 1 aromatic heterocycles. The standard InChI is InChI=1S/C11H20N2O/c1-10(5-3-7-12)13(2)9-11-6-4-8-14-11/h4,6,8,10H,3,5,7,9,12H2,1-2H3. The Morgan fingerprint density at radius 3 is 2.93 bits per heavy atom. The lowest BCUT2D eigenvalue weighted by molar-refractivity contribution is 0.218. The SMILES string of the molecule is CC(CCCN)N(C)Cc1ccco1. The minimum absolute atomic E-state index is 0.559. The van der Waals surface area contributed by atoms with E-state index >= 15 is 0 Å². The van der Waals surface area contributed by atoms with E-state index < -0.39 is 0 Å². The predicted molar refractivity (Wildman–Crippen MR) is 57.9 cm³/mol. The Morgan fingerprint density at radius 2 is 2.36 bits per heavy atom. The largest absolute Gasteiger partial charge is 0.468 e. The molecule has 1 rings (SSSR count). The second-order valence-electron chi connectivity index (χ2n) is 3.77. The molecule has 0 radical (unpaired) electrons. The fourth-order valence-corrected chi connectivity index (χ4v) is 1.44. The van der Waals surface area contributed by atoms with E-state index in [1.165, 1.54) is 0 Å². The summed E-state index contributed by atoms with van der Waals surface area (Å²) in [6.07, 6.45) is 3.95. The Balaban J connectivity index is 2.30. The van der Waals surface area contributed by atoms with Crippen molar-refractivity contribution >= 4 is 0 Å². The summed E-state index contributed by atoms with van der Waals surface area (Å²) in [5, 5.41) is 0. The zero-order valence-corrected chi connectivity index (χ0v) is 9.07. The molecule has 0 spiro atoms. The fourth-order valence-electron chi connectivity index (χ4n) is 1.44. The van der Waals surface area contributed by atoms with Crippen LogP contribution >= 0.6 is 0 Å². The first-order valence-electron chi connectivity index (χ1n) is 5.16. The molecule has 3 nitrogen and oxygen atoms in total. The Labute approximate surface area is 85.9 Å². The molecule has 0 aliphatic carbocycles. The highest BCUT2D eigenvalue weighted by atomic mass is 16.3. The van der Waals surface area contributed by atoms with Crippen molar-refractivity contribution in [1.29, 1.82) is 0 Å². The van der Waals surface area contributed by atoms with Crippen molar-refractivity contribution in [2.24, 2.45) is 5.73 Å². The monoisotopic (exact) mass is 196 g/mol. The van der Waals surface area contributed by atoms with Gasteiger partial charge in [0.2, 0.25) is 0 Å². The van der Waals surface area contributed by atoms with Gasteiger partial charge in [-0.2, -0.15) is 0 Å². The fraction of sp³-hybridized carbons (Fsp3) is 0.636.